The van der Waals surface area contributed by atoms with E-state index in [0.29, 0.717) is 11.5 Å². The summed E-state index contributed by atoms with van der Waals surface area (Å²) >= 11 is 0. The molecule has 27 heavy (non-hydrogen) atoms. The molecule has 0 aliphatic rings. The first-order valence-electron chi connectivity index (χ1n) is 8.20. The van der Waals surface area contributed by atoms with E-state index in [9.17, 15) is 9.59 Å². The van der Waals surface area contributed by atoms with Crippen LogP contribution in [-0.2, 0) is 9.53 Å². The van der Waals surface area contributed by atoms with E-state index in [1.54, 1.807) is 36.4 Å². The molecule has 0 fully saturated rings. The molecule has 0 atom stereocenters. The number of ether oxygens (including phenoxy) is 4. The molecule has 6 heteroatoms. The predicted octanol–water partition coefficient (Wildman–Crippen LogP) is 3.62. The summed E-state index contributed by atoms with van der Waals surface area (Å²) in [5, 5.41) is 1.67. The lowest BCUT2D eigenvalue weighted by Crippen LogP contribution is -2.19. The highest BCUT2D eigenvalue weighted by Crippen LogP contribution is 2.28. The van der Waals surface area contributed by atoms with Crippen molar-refractivity contribution in [1.29, 1.82) is 0 Å². The van der Waals surface area contributed by atoms with Crippen molar-refractivity contribution >= 4 is 22.7 Å². The molecule has 0 N–H and O–H groups in total. The standard InChI is InChI=1S/C21H18O6/c1-24-17-9-5-6-10-18(17)26-13-20(22)27-19-12-15-8-4-3-7-14(15)11-16(19)21(23)25-2/h3-12H,13H2,1-2H3. The monoisotopic (exact) mass is 366 g/mol. The Bertz CT molecular complexity index is 979. The molecule has 0 saturated carbocycles. The summed E-state index contributed by atoms with van der Waals surface area (Å²) in [6.45, 7) is -0.339. The fourth-order valence-corrected chi connectivity index (χ4v) is 2.60. The maximum Gasteiger partial charge on any atom is 0.349 e. The van der Waals surface area contributed by atoms with Crippen LogP contribution in [0.15, 0.2) is 60.7 Å². The van der Waals surface area contributed by atoms with Crippen LogP contribution in [0.3, 0.4) is 0 Å². The van der Waals surface area contributed by atoms with Crippen LogP contribution in [-0.4, -0.2) is 32.8 Å². The quantitative estimate of drug-likeness (QED) is 0.490. The molecule has 0 aromatic heterocycles. The fourth-order valence-electron chi connectivity index (χ4n) is 2.60. The number of esters is 2. The molecule has 0 heterocycles. The number of rotatable bonds is 6. The van der Waals surface area contributed by atoms with Gasteiger partial charge in [-0.1, -0.05) is 36.4 Å². The Morgan fingerprint density at radius 3 is 2.11 bits per heavy atom. The van der Waals surface area contributed by atoms with Gasteiger partial charge in [-0.3, -0.25) is 0 Å². The first-order valence-corrected chi connectivity index (χ1v) is 8.20. The van der Waals surface area contributed by atoms with Gasteiger partial charge in [0.05, 0.1) is 14.2 Å². The maximum atomic E-state index is 12.2. The van der Waals surface area contributed by atoms with Gasteiger partial charge in [-0.2, -0.15) is 0 Å². The van der Waals surface area contributed by atoms with Crippen molar-refractivity contribution < 1.29 is 28.5 Å². The molecule has 0 saturated heterocycles. The molecule has 6 nitrogen and oxygen atoms in total. The normalized spacial score (nSPS) is 10.3. The Morgan fingerprint density at radius 1 is 0.815 bits per heavy atom. The lowest BCUT2D eigenvalue weighted by atomic mass is 10.1. The Hall–Kier alpha value is -3.54. The zero-order valence-electron chi connectivity index (χ0n) is 14.9. The summed E-state index contributed by atoms with van der Waals surface area (Å²) in [4.78, 5) is 24.3. The van der Waals surface area contributed by atoms with Gasteiger partial charge in [0.15, 0.2) is 18.1 Å². The number of benzene rings is 3. The Kier molecular flexibility index (Phi) is 5.56. The van der Waals surface area contributed by atoms with Gasteiger partial charge in [0.1, 0.15) is 11.3 Å². The predicted molar refractivity (Wildman–Crippen MR) is 99.4 cm³/mol. The molecule has 0 aliphatic heterocycles. The van der Waals surface area contributed by atoms with Gasteiger partial charge in [-0.05, 0) is 35.0 Å². The largest absolute Gasteiger partial charge is 0.493 e. The lowest BCUT2D eigenvalue weighted by molar-refractivity contribution is -0.136. The van der Waals surface area contributed by atoms with Crippen LogP contribution in [0.25, 0.3) is 10.8 Å². The van der Waals surface area contributed by atoms with Crippen molar-refractivity contribution in [2.24, 2.45) is 0 Å². The zero-order chi connectivity index (χ0) is 19.2. The van der Waals surface area contributed by atoms with Crippen LogP contribution in [0.2, 0.25) is 0 Å². The number of hydrogen-bond donors (Lipinski definition) is 0. The van der Waals surface area contributed by atoms with E-state index in [1.807, 2.05) is 24.3 Å². The topological polar surface area (TPSA) is 71.1 Å². The molecule has 138 valence electrons. The van der Waals surface area contributed by atoms with E-state index < -0.39 is 11.9 Å². The van der Waals surface area contributed by atoms with Gasteiger partial charge in [0.25, 0.3) is 0 Å². The van der Waals surface area contributed by atoms with Gasteiger partial charge < -0.3 is 18.9 Å². The Morgan fingerprint density at radius 2 is 1.44 bits per heavy atom. The zero-order valence-corrected chi connectivity index (χ0v) is 14.9. The summed E-state index contributed by atoms with van der Waals surface area (Å²) in [5.74, 6) is -0.195. The SMILES string of the molecule is COC(=O)c1cc2ccccc2cc1OC(=O)COc1ccccc1OC. The van der Waals surface area contributed by atoms with E-state index >= 15 is 0 Å². The number of hydrogen-bond acceptors (Lipinski definition) is 6. The second-order valence-corrected chi connectivity index (χ2v) is 5.60. The van der Waals surface area contributed by atoms with Crippen molar-refractivity contribution in [3.05, 3.63) is 66.2 Å². The van der Waals surface area contributed by atoms with E-state index in [1.165, 1.54) is 14.2 Å². The van der Waals surface area contributed by atoms with Crippen molar-refractivity contribution in [2.75, 3.05) is 20.8 Å². The van der Waals surface area contributed by atoms with Crippen molar-refractivity contribution in [3.8, 4) is 17.2 Å². The van der Waals surface area contributed by atoms with Crippen LogP contribution in [0.5, 0.6) is 17.2 Å². The minimum Gasteiger partial charge on any atom is -0.493 e. The summed E-state index contributed by atoms with van der Waals surface area (Å²) in [7, 11) is 2.78. The Labute approximate surface area is 156 Å². The van der Waals surface area contributed by atoms with Crippen LogP contribution in [0, 0.1) is 0 Å². The smallest absolute Gasteiger partial charge is 0.349 e. The average Bonchev–Trinajstić information content (AvgIpc) is 2.71. The van der Waals surface area contributed by atoms with Gasteiger partial charge in [-0.25, -0.2) is 9.59 Å². The van der Waals surface area contributed by atoms with Gasteiger partial charge >= 0.3 is 11.9 Å². The molecule has 0 spiro atoms. The fraction of sp³-hybridized carbons (Fsp3) is 0.143. The van der Waals surface area contributed by atoms with Crippen LogP contribution in [0.1, 0.15) is 10.4 Å². The number of methoxy groups -OCH3 is 2. The number of para-hydroxylation sites is 2. The van der Waals surface area contributed by atoms with Gasteiger partial charge in [-0.15, -0.1) is 0 Å². The van der Waals surface area contributed by atoms with E-state index in [-0.39, 0.29) is 17.9 Å². The highest BCUT2D eigenvalue weighted by molar-refractivity contribution is 5.99. The molecule has 0 radical (unpaired) electrons. The first kappa shape index (κ1) is 18.3. The number of carbonyl (C=O) groups excluding carboxylic acids is 2. The molecule has 0 unspecified atom stereocenters. The van der Waals surface area contributed by atoms with Crippen LogP contribution < -0.4 is 14.2 Å². The minimum atomic E-state index is -0.652. The minimum absolute atomic E-state index is 0.120. The van der Waals surface area contributed by atoms with Crippen LogP contribution in [0.4, 0.5) is 0 Å². The summed E-state index contributed by atoms with van der Waals surface area (Å²) in [5.41, 5.74) is 0.168. The summed E-state index contributed by atoms with van der Waals surface area (Å²) in [6, 6.07) is 17.7. The number of fused-ring (bicyclic) bond motifs is 1. The summed E-state index contributed by atoms with van der Waals surface area (Å²) in [6.07, 6.45) is 0. The molecular formula is C21H18O6. The van der Waals surface area contributed by atoms with E-state index in [4.69, 9.17) is 18.9 Å². The third-order valence-corrected chi connectivity index (χ3v) is 3.89. The molecule has 3 aromatic carbocycles. The van der Waals surface area contributed by atoms with Crippen molar-refractivity contribution in [3.63, 3.8) is 0 Å². The van der Waals surface area contributed by atoms with Crippen LogP contribution >= 0.6 is 0 Å². The third kappa shape index (κ3) is 4.17. The average molecular weight is 366 g/mol. The van der Waals surface area contributed by atoms with E-state index in [0.717, 1.165) is 10.8 Å². The Balaban J connectivity index is 1.80. The van der Waals surface area contributed by atoms with Gasteiger partial charge in [0.2, 0.25) is 0 Å². The highest BCUT2D eigenvalue weighted by Gasteiger charge is 2.18. The van der Waals surface area contributed by atoms with Crippen molar-refractivity contribution in [2.45, 2.75) is 0 Å². The molecule has 0 bridgehead atoms. The first-order chi connectivity index (χ1) is 13.1. The third-order valence-electron chi connectivity index (χ3n) is 3.89. The maximum absolute atomic E-state index is 12.2. The lowest BCUT2D eigenvalue weighted by Gasteiger charge is -2.12. The molecule has 0 amide bonds. The number of carbonyl (C=O) groups is 2. The van der Waals surface area contributed by atoms with Gasteiger partial charge in [0, 0.05) is 0 Å². The molecular weight excluding hydrogens is 348 g/mol. The molecule has 3 aromatic rings. The molecule has 0 aliphatic carbocycles. The summed E-state index contributed by atoms with van der Waals surface area (Å²) < 4.78 is 20.8. The van der Waals surface area contributed by atoms with E-state index in [2.05, 4.69) is 0 Å². The second-order valence-electron chi connectivity index (χ2n) is 5.60. The highest BCUT2D eigenvalue weighted by atomic mass is 16.6. The molecule has 3 rings (SSSR count). The van der Waals surface area contributed by atoms with Crippen molar-refractivity contribution in [1.82, 2.24) is 0 Å². The second kappa shape index (κ2) is 8.23.